The molecule has 5 nitrogen and oxygen atoms in total. The van der Waals surface area contributed by atoms with Crippen LogP contribution in [0.3, 0.4) is 0 Å². The Labute approximate surface area is 133 Å². The van der Waals surface area contributed by atoms with Crippen molar-refractivity contribution in [2.45, 2.75) is 39.0 Å². The first-order valence-corrected chi connectivity index (χ1v) is 7.96. The molecule has 0 aliphatic carbocycles. The zero-order valence-electron chi connectivity index (χ0n) is 12.9. The Morgan fingerprint density at radius 2 is 1.76 bits per heavy atom. The summed E-state index contributed by atoms with van der Waals surface area (Å²) < 4.78 is 0. The number of hydrogen-bond acceptors (Lipinski definition) is 3. The Hall–Kier alpha value is -0.810. The van der Waals surface area contributed by atoms with Gasteiger partial charge < -0.3 is 15.5 Å². The highest BCUT2D eigenvalue weighted by molar-refractivity contribution is 5.85. The van der Waals surface area contributed by atoms with Crippen molar-refractivity contribution in [3.05, 3.63) is 0 Å². The summed E-state index contributed by atoms with van der Waals surface area (Å²) in [6, 6.07) is 0. The Kier molecular flexibility index (Phi) is 8.04. The Balaban J connectivity index is 0.00000220. The number of amides is 2. The summed E-state index contributed by atoms with van der Waals surface area (Å²) in [6.07, 6.45) is 3.81. The standard InChI is InChI=1S/C15H27N3O2.ClH/c1-2-7-17-14(19)3-4-15(20)18-8-5-12-10-16-11-13(12)6-9-18;/h12-13,16H,2-11H2,1H3,(H,17,19);1H/t12-,13+;. The zero-order valence-corrected chi connectivity index (χ0v) is 13.7. The molecule has 0 saturated carbocycles. The van der Waals surface area contributed by atoms with Crippen LogP contribution in [0, 0.1) is 11.8 Å². The topological polar surface area (TPSA) is 61.4 Å². The van der Waals surface area contributed by atoms with Gasteiger partial charge in [-0.25, -0.2) is 0 Å². The van der Waals surface area contributed by atoms with E-state index in [0.717, 1.165) is 57.3 Å². The lowest BCUT2D eigenvalue weighted by molar-refractivity contribution is -0.133. The summed E-state index contributed by atoms with van der Waals surface area (Å²) in [7, 11) is 0. The predicted molar refractivity (Wildman–Crippen MR) is 85.4 cm³/mol. The average Bonchev–Trinajstić information content (AvgIpc) is 2.81. The molecule has 2 heterocycles. The minimum Gasteiger partial charge on any atom is -0.356 e. The third-order valence-corrected chi connectivity index (χ3v) is 4.51. The summed E-state index contributed by atoms with van der Waals surface area (Å²) in [5.41, 5.74) is 0. The van der Waals surface area contributed by atoms with Gasteiger partial charge in [0.25, 0.3) is 0 Å². The molecular weight excluding hydrogens is 290 g/mol. The minimum absolute atomic E-state index is 0. The Bertz CT molecular complexity index is 338. The number of fused-ring (bicyclic) bond motifs is 1. The van der Waals surface area contributed by atoms with E-state index in [2.05, 4.69) is 10.6 Å². The summed E-state index contributed by atoms with van der Waals surface area (Å²) in [5, 5.41) is 6.26. The second kappa shape index (κ2) is 9.26. The SMILES string of the molecule is CCCNC(=O)CCC(=O)N1CC[C@@H]2CNC[C@@H]2CC1.Cl. The van der Waals surface area contributed by atoms with Crippen molar-refractivity contribution >= 4 is 24.2 Å². The molecule has 0 aromatic rings. The van der Waals surface area contributed by atoms with E-state index < -0.39 is 0 Å². The lowest BCUT2D eigenvalue weighted by Crippen LogP contribution is -2.34. The van der Waals surface area contributed by atoms with Gasteiger partial charge >= 0.3 is 0 Å². The van der Waals surface area contributed by atoms with Crippen LogP contribution in [-0.4, -0.2) is 49.4 Å². The van der Waals surface area contributed by atoms with Gasteiger partial charge in [0, 0.05) is 32.5 Å². The van der Waals surface area contributed by atoms with Crippen LogP contribution in [0.5, 0.6) is 0 Å². The first-order chi connectivity index (χ1) is 9.70. The molecule has 6 heteroatoms. The third kappa shape index (κ3) is 5.47. The number of nitrogens with zero attached hydrogens (tertiary/aromatic N) is 1. The molecule has 0 spiro atoms. The zero-order chi connectivity index (χ0) is 14.4. The number of halogens is 1. The molecule has 2 fully saturated rings. The average molecular weight is 318 g/mol. The number of carbonyl (C=O) groups is 2. The van der Waals surface area contributed by atoms with E-state index in [1.54, 1.807) is 0 Å². The van der Waals surface area contributed by atoms with Gasteiger partial charge in [-0.15, -0.1) is 12.4 Å². The van der Waals surface area contributed by atoms with Gasteiger partial charge in [-0.1, -0.05) is 6.92 Å². The van der Waals surface area contributed by atoms with Crippen LogP contribution < -0.4 is 10.6 Å². The number of likely N-dealkylation sites (tertiary alicyclic amines) is 1. The van der Waals surface area contributed by atoms with Gasteiger partial charge in [-0.3, -0.25) is 9.59 Å². The van der Waals surface area contributed by atoms with Gasteiger partial charge in [-0.2, -0.15) is 0 Å². The highest BCUT2D eigenvalue weighted by Crippen LogP contribution is 2.27. The molecule has 2 amide bonds. The fourth-order valence-corrected chi connectivity index (χ4v) is 3.20. The molecule has 0 aromatic carbocycles. The van der Waals surface area contributed by atoms with E-state index in [4.69, 9.17) is 0 Å². The quantitative estimate of drug-likeness (QED) is 0.800. The minimum atomic E-state index is -0.00362. The third-order valence-electron chi connectivity index (χ3n) is 4.51. The molecule has 0 radical (unpaired) electrons. The van der Waals surface area contributed by atoms with Crippen molar-refractivity contribution in [1.82, 2.24) is 15.5 Å². The number of carbonyl (C=O) groups excluding carboxylic acids is 2. The van der Waals surface area contributed by atoms with Crippen LogP contribution in [-0.2, 0) is 9.59 Å². The summed E-state index contributed by atoms with van der Waals surface area (Å²) >= 11 is 0. The van der Waals surface area contributed by atoms with Crippen molar-refractivity contribution in [2.24, 2.45) is 11.8 Å². The van der Waals surface area contributed by atoms with Crippen LogP contribution in [0.15, 0.2) is 0 Å². The molecule has 2 rings (SSSR count). The molecule has 0 unspecified atom stereocenters. The smallest absolute Gasteiger partial charge is 0.223 e. The predicted octanol–water partition coefficient (Wildman–Crippen LogP) is 1.17. The molecule has 2 aliphatic heterocycles. The fourth-order valence-electron chi connectivity index (χ4n) is 3.20. The van der Waals surface area contributed by atoms with Gasteiger partial charge in [0.2, 0.25) is 11.8 Å². The Morgan fingerprint density at radius 1 is 1.14 bits per heavy atom. The van der Waals surface area contributed by atoms with Crippen molar-refractivity contribution in [3.63, 3.8) is 0 Å². The second-order valence-corrected chi connectivity index (χ2v) is 5.99. The van der Waals surface area contributed by atoms with E-state index in [9.17, 15) is 9.59 Å². The normalized spacial score (nSPS) is 24.7. The molecule has 2 N–H and O–H groups in total. The lowest BCUT2D eigenvalue weighted by Gasteiger charge is -2.20. The molecule has 0 aromatic heterocycles. The van der Waals surface area contributed by atoms with E-state index in [1.165, 1.54) is 0 Å². The molecule has 122 valence electrons. The van der Waals surface area contributed by atoms with Gasteiger partial charge in [0.1, 0.15) is 0 Å². The van der Waals surface area contributed by atoms with Gasteiger partial charge in [0.15, 0.2) is 0 Å². The van der Waals surface area contributed by atoms with Gasteiger partial charge in [0.05, 0.1) is 0 Å². The van der Waals surface area contributed by atoms with Crippen LogP contribution in [0.1, 0.15) is 39.0 Å². The molecule has 2 saturated heterocycles. The van der Waals surface area contributed by atoms with Crippen LogP contribution >= 0.6 is 12.4 Å². The number of rotatable bonds is 5. The number of hydrogen-bond donors (Lipinski definition) is 2. The highest BCUT2D eigenvalue weighted by atomic mass is 35.5. The van der Waals surface area contributed by atoms with Crippen molar-refractivity contribution in [1.29, 1.82) is 0 Å². The molecule has 21 heavy (non-hydrogen) atoms. The second-order valence-electron chi connectivity index (χ2n) is 5.99. The number of nitrogens with one attached hydrogen (secondary N) is 2. The van der Waals surface area contributed by atoms with Crippen LogP contribution in [0.4, 0.5) is 0 Å². The van der Waals surface area contributed by atoms with Crippen molar-refractivity contribution in [2.75, 3.05) is 32.7 Å². The van der Waals surface area contributed by atoms with Crippen molar-refractivity contribution in [3.8, 4) is 0 Å². The first kappa shape index (κ1) is 18.2. The largest absolute Gasteiger partial charge is 0.356 e. The maximum absolute atomic E-state index is 12.2. The van der Waals surface area contributed by atoms with Gasteiger partial charge in [-0.05, 0) is 44.2 Å². The fraction of sp³-hybridized carbons (Fsp3) is 0.867. The Morgan fingerprint density at radius 3 is 2.33 bits per heavy atom. The highest BCUT2D eigenvalue weighted by Gasteiger charge is 2.31. The summed E-state index contributed by atoms with van der Waals surface area (Å²) in [5.74, 6) is 1.61. The molecular formula is C15H28ClN3O2. The van der Waals surface area contributed by atoms with E-state index >= 15 is 0 Å². The molecule has 2 aliphatic rings. The lowest BCUT2D eigenvalue weighted by atomic mass is 9.92. The van der Waals surface area contributed by atoms with E-state index in [0.29, 0.717) is 19.4 Å². The van der Waals surface area contributed by atoms with Crippen LogP contribution in [0.25, 0.3) is 0 Å². The van der Waals surface area contributed by atoms with Crippen LogP contribution in [0.2, 0.25) is 0 Å². The van der Waals surface area contributed by atoms with Crippen molar-refractivity contribution < 1.29 is 9.59 Å². The molecule has 2 atom stereocenters. The van der Waals surface area contributed by atoms with E-state index in [-0.39, 0.29) is 24.2 Å². The maximum Gasteiger partial charge on any atom is 0.223 e. The molecule has 0 bridgehead atoms. The maximum atomic E-state index is 12.2. The summed E-state index contributed by atoms with van der Waals surface area (Å²) in [6.45, 7) is 6.65. The monoisotopic (exact) mass is 317 g/mol. The summed E-state index contributed by atoms with van der Waals surface area (Å²) in [4.78, 5) is 25.7. The first-order valence-electron chi connectivity index (χ1n) is 7.96. The van der Waals surface area contributed by atoms with E-state index in [1.807, 2.05) is 11.8 Å².